The normalized spacial score (nSPS) is 11.7. The number of Topliss-reactive ketones (excluding diaryl/α,β-unsaturated/α-hetero) is 1. The summed E-state index contributed by atoms with van der Waals surface area (Å²) in [6, 6.07) is 0. The van der Waals surface area contributed by atoms with Crippen LogP contribution in [0.3, 0.4) is 0 Å². The van der Waals surface area contributed by atoms with Crippen LogP contribution in [-0.2, 0) is 5.41 Å². The van der Waals surface area contributed by atoms with E-state index in [-0.39, 0.29) is 17.5 Å². The lowest BCUT2D eigenvalue weighted by Gasteiger charge is -2.13. The lowest BCUT2D eigenvalue weighted by atomic mass is 9.96. The first-order valence-corrected chi connectivity index (χ1v) is 3.88. The minimum absolute atomic E-state index is 0.00322. The minimum Gasteiger partial charge on any atom is -0.338 e. The number of carbonyl (C=O) groups excluding carboxylic acids is 1. The molecule has 1 heterocycles. The van der Waals surface area contributed by atoms with Crippen LogP contribution in [0.25, 0.3) is 0 Å². The Hall–Kier alpha value is -1.26. The molecule has 0 bridgehead atoms. The molecule has 0 saturated carbocycles. The Kier molecular flexibility index (Phi) is 2.45. The number of ketones is 1. The Balaban J connectivity index is 2.98. The fourth-order valence-electron chi connectivity index (χ4n) is 0.699. The molecule has 5 heteroatoms. The molecular weight excluding hydrogens is 175 g/mol. The highest BCUT2D eigenvalue weighted by molar-refractivity contribution is 5.89. The number of nitrogens with zero attached hydrogens (tertiary/aromatic N) is 2. The molecule has 4 nitrogen and oxygen atoms in total. The van der Waals surface area contributed by atoms with Crippen molar-refractivity contribution in [2.24, 2.45) is 0 Å². The maximum Gasteiger partial charge on any atom is 0.238 e. The van der Waals surface area contributed by atoms with Crippen LogP contribution in [0.4, 0.5) is 4.39 Å². The van der Waals surface area contributed by atoms with Gasteiger partial charge in [-0.05, 0) is 13.8 Å². The highest BCUT2D eigenvalue weighted by Crippen LogP contribution is 2.21. The van der Waals surface area contributed by atoms with E-state index in [1.165, 1.54) is 6.92 Å². The van der Waals surface area contributed by atoms with E-state index in [2.05, 4.69) is 10.1 Å². The fourth-order valence-corrected chi connectivity index (χ4v) is 0.699. The molecule has 1 rings (SSSR count). The first-order valence-electron chi connectivity index (χ1n) is 3.88. The topological polar surface area (TPSA) is 56.0 Å². The molecule has 0 N–H and O–H groups in total. The van der Waals surface area contributed by atoms with Crippen LogP contribution < -0.4 is 0 Å². The van der Waals surface area contributed by atoms with Crippen LogP contribution in [0.2, 0.25) is 0 Å². The summed E-state index contributed by atoms with van der Waals surface area (Å²) >= 11 is 0. The minimum atomic E-state index is -0.819. The van der Waals surface area contributed by atoms with Gasteiger partial charge in [0.25, 0.3) is 0 Å². The van der Waals surface area contributed by atoms with Gasteiger partial charge < -0.3 is 4.52 Å². The third-order valence-corrected chi connectivity index (χ3v) is 1.65. The molecule has 0 aliphatic heterocycles. The molecule has 0 saturated heterocycles. The van der Waals surface area contributed by atoms with Crippen molar-refractivity contribution in [3.05, 3.63) is 11.7 Å². The summed E-state index contributed by atoms with van der Waals surface area (Å²) in [6.07, 6.45) is 0. The lowest BCUT2D eigenvalue weighted by Crippen LogP contribution is -2.20. The molecule has 0 aromatic carbocycles. The Morgan fingerprint density at radius 2 is 2.23 bits per heavy atom. The molecular formula is C8H11FN2O2. The van der Waals surface area contributed by atoms with Crippen LogP contribution >= 0.6 is 0 Å². The molecule has 0 atom stereocenters. The van der Waals surface area contributed by atoms with E-state index in [1.54, 1.807) is 13.8 Å². The summed E-state index contributed by atoms with van der Waals surface area (Å²) in [5, 5.41) is 3.43. The molecule has 0 aliphatic rings. The summed E-state index contributed by atoms with van der Waals surface area (Å²) in [7, 11) is 0. The van der Waals surface area contributed by atoms with Gasteiger partial charge in [0.05, 0.1) is 5.41 Å². The Morgan fingerprint density at radius 1 is 1.62 bits per heavy atom. The molecule has 13 heavy (non-hydrogen) atoms. The summed E-state index contributed by atoms with van der Waals surface area (Å²) in [5.74, 6) is -0.138. The number of halogens is 1. The second kappa shape index (κ2) is 3.24. The molecule has 0 amide bonds. The van der Waals surface area contributed by atoms with Gasteiger partial charge in [-0.15, -0.1) is 0 Å². The van der Waals surface area contributed by atoms with Gasteiger partial charge in [0.15, 0.2) is 0 Å². The van der Waals surface area contributed by atoms with E-state index in [0.717, 1.165) is 0 Å². The van der Waals surface area contributed by atoms with E-state index in [4.69, 9.17) is 4.52 Å². The Labute approximate surface area is 75.1 Å². The van der Waals surface area contributed by atoms with Gasteiger partial charge in [-0.2, -0.15) is 4.98 Å². The van der Waals surface area contributed by atoms with Crippen LogP contribution in [0.15, 0.2) is 4.52 Å². The van der Waals surface area contributed by atoms with Gasteiger partial charge in [0, 0.05) is 6.92 Å². The molecule has 72 valence electrons. The first kappa shape index (κ1) is 9.83. The Morgan fingerprint density at radius 3 is 2.62 bits per heavy atom. The third-order valence-electron chi connectivity index (χ3n) is 1.65. The first-order chi connectivity index (χ1) is 5.97. The van der Waals surface area contributed by atoms with Crippen molar-refractivity contribution in [2.75, 3.05) is 6.67 Å². The maximum absolute atomic E-state index is 12.5. The number of carbonyl (C=O) groups is 1. The van der Waals surface area contributed by atoms with E-state index in [0.29, 0.717) is 0 Å². The molecule has 1 aromatic rings. The van der Waals surface area contributed by atoms with Crippen molar-refractivity contribution in [1.82, 2.24) is 10.1 Å². The van der Waals surface area contributed by atoms with Crippen LogP contribution in [-0.4, -0.2) is 22.6 Å². The number of rotatable bonds is 3. The zero-order valence-electron chi connectivity index (χ0n) is 7.80. The quantitative estimate of drug-likeness (QED) is 0.671. The zero-order chi connectivity index (χ0) is 10.1. The second-order valence-corrected chi connectivity index (χ2v) is 3.50. The highest BCUT2D eigenvalue weighted by Gasteiger charge is 2.28. The van der Waals surface area contributed by atoms with Gasteiger partial charge in [0.2, 0.25) is 17.5 Å². The van der Waals surface area contributed by atoms with Gasteiger partial charge in [-0.3, -0.25) is 4.79 Å². The Bertz CT molecular complexity index is 320. The van der Waals surface area contributed by atoms with Crippen LogP contribution in [0.1, 0.15) is 37.3 Å². The maximum atomic E-state index is 12.5. The highest BCUT2D eigenvalue weighted by atomic mass is 19.1. The molecule has 0 radical (unpaired) electrons. The van der Waals surface area contributed by atoms with E-state index in [9.17, 15) is 9.18 Å². The summed E-state index contributed by atoms with van der Waals surface area (Å²) < 4.78 is 17.2. The average molecular weight is 186 g/mol. The van der Waals surface area contributed by atoms with Crippen molar-refractivity contribution in [1.29, 1.82) is 0 Å². The molecule has 1 aromatic heterocycles. The monoisotopic (exact) mass is 186 g/mol. The summed E-state index contributed by atoms with van der Waals surface area (Å²) in [4.78, 5) is 14.6. The van der Waals surface area contributed by atoms with E-state index < -0.39 is 12.1 Å². The second-order valence-electron chi connectivity index (χ2n) is 3.50. The number of alkyl halides is 1. The fraction of sp³-hybridized carbons (Fsp3) is 0.625. The predicted octanol–water partition coefficient (Wildman–Crippen LogP) is 1.52. The molecule has 0 spiro atoms. The van der Waals surface area contributed by atoms with Crippen molar-refractivity contribution >= 4 is 5.78 Å². The molecule has 0 fully saturated rings. The van der Waals surface area contributed by atoms with Gasteiger partial charge in [-0.1, -0.05) is 5.16 Å². The standard InChI is InChI=1S/C8H11FN2O2/c1-5(12)6-10-7(13-11-6)8(2,3)4-9/h4H2,1-3H3. The van der Waals surface area contributed by atoms with Crippen LogP contribution in [0.5, 0.6) is 0 Å². The lowest BCUT2D eigenvalue weighted by molar-refractivity contribution is 0.100. The van der Waals surface area contributed by atoms with E-state index >= 15 is 0 Å². The number of aromatic nitrogens is 2. The smallest absolute Gasteiger partial charge is 0.238 e. The molecule has 0 unspecified atom stereocenters. The SMILES string of the molecule is CC(=O)c1noc(C(C)(C)CF)n1. The van der Waals surface area contributed by atoms with Crippen molar-refractivity contribution in [3.8, 4) is 0 Å². The van der Waals surface area contributed by atoms with Crippen LogP contribution in [0, 0.1) is 0 Å². The third kappa shape index (κ3) is 1.91. The van der Waals surface area contributed by atoms with Gasteiger partial charge >= 0.3 is 0 Å². The van der Waals surface area contributed by atoms with Crippen molar-refractivity contribution < 1.29 is 13.7 Å². The van der Waals surface area contributed by atoms with Crippen molar-refractivity contribution in [2.45, 2.75) is 26.2 Å². The number of hydrogen-bond acceptors (Lipinski definition) is 4. The number of hydrogen-bond donors (Lipinski definition) is 0. The average Bonchev–Trinajstić information content (AvgIpc) is 2.52. The van der Waals surface area contributed by atoms with Crippen molar-refractivity contribution in [3.63, 3.8) is 0 Å². The zero-order valence-corrected chi connectivity index (χ0v) is 7.80. The molecule has 0 aliphatic carbocycles. The summed E-state index contributed by atoms with van der Waals surface area (Å²) in [6.45, 7) is 3.98. The predicted molar refractivity (Wildman–Crippen MR) is 43.3 cm³/mol. The van der Waals surface area contributed by atoms with Gasteiger partial charge in [0.1, 0.15) is 6.67 Å². The van der Waals surface area contributed by atoms with E-state index in [1.807, 2.05) is 0 Å². The van der Waals surface area contributed by atoms with Gasteiger partial charge in [-0.25, -0.2) is 4.39 Å². The largest absolute Gasteiger partial charge is 0.338 e. The summed E-state index contributed by atoms with van der Waals surface area (Å²) in [5.41, 5.74) is -0.819.